The van der Waals surface area contributed by atoms with E-state index in [4.69, 9.17) is 16.7 Å². The number of nitrogens with zero attached hydrogens (tertiary/aromatic N) is 1. The number of rotatable bonds is 5. The highest BCUT2D eigenvalue weighted by molar-refractivity contribution is 6.30. The molecule has 1 aromatic carbocycles. The highest BCUT2D eigenvalue weighted by Crippen LogP contribution is 2.19. The lowest BCUT2D eigenvalue weighted by molar-refractivity contribution is -0.137. The van der Waals surface area contributed by atoms with Crippen LogP contribution in [0.1, 0.15) is 0 Å². The Morgan fingerprint density at radius 2 is 2.21 bits per heavy atom. The van der Waals surface area contributed by atoms with E-state index in [0.29, 0.717) is 0 Å². The molecule has 102 valence electrons. The molecule has 0 bridgehead atoms. The number of carboxylic acids is 1. The van der Waals surface area contributed by atoms with Crippen LogP contribution in [0.2, 0.25) is 5.02 Å². The van der Waals surface area contributed by atoms with Gasteiger partial charge in [-0.3, -0.25) is 4.79 Å². The molecule has 0 aliphatic carbocycles. The third-order valence-electron chi connectivity index (χ3n) is 2.14. The number of aliphatic carboxylic acids is 1. The highest BCUT2D eigenvalue weighted by atomic mass is 35.5. The molecule has 0 aromatic heterocycles. The molecule has 2 N–H and O–H groups in total. The zero-order valence-corrected chi connectivity index (χ0v) is 10.7. The monoisotopic (exact) mass is 286 g/mol. The SMILES string of the molecule is C=CCN(CC(=O)O)C(=O)Nc1ccc(Cl)cc1F. The van der Waals surface area contributed by atoms with Crippen molar-refractivity contribution in [2.24, 2.45) is 0 Å². The van der Waals surface area contributed by atoms with Gasteiger partial charge in [0.15, 0.2) is 0 Å². The fourth-order valence-corrected chi connectivity index (χ4v) is 1.48. The molecule has 0 aliphatic heterocycles. The number of carbonyl (C=O) groups excluding carboxylic acids is 1. The van der Waals surface area contributed by atoms with Crippen LogP contribution in [0.15, 0.2) is 30.9 Å². The van der Waals surface area contributed by atoms with E-state index < -0.39 is 24.4 Å². The summed E-state index contributed by atoms with van der Waals surface area (Å²) in [5.41, 5.74) is -0.0751. The molecule has 0 aliphatic rings. The molecule has 0 spiro atoms. The number of carboxylic acid groups (broad SMARTS) is 1. The first kappa shape index (κ1) is 15.0. The van der Waals surface area contributed by atoms with Crippen molar-refractivity contribution in [1.29, 1.82) is 0 Å². The Labute approximate surface area is 114 Å². The van der Waals surface area contributed by atoms with Crippen molar-refractivity contribution in [2.45, 2.75) is 0 Å². The Balaban J connectivity index is 2.80. The van der Waals surface area contributed by atoms with Crippen LogP contribution in [0, 0.1) is 5.82 Å². The number of benzene rings is 1. The molecule has 0 radical (unpaired) electrons. The molecule has 0 atom stereocenters. The molecule has 19 heavy (non-hydrogen) atoms. The molecular formula is C12H12ClFN2O3. The number of amides is 2. The van der Waals surface area contributed by atoms with E-state index >= 15 is 0 Å². The zero-order valence-electron chi connectivity index (χ0n) is 9.90. The average Bonchev–Trinajstić information content (AvgIpc) is 2.31. The number of halogens is 2. The van der Waals surface area contributed by atoms with Gasteiger partial charge in [0.1, 0.15) is 12.4 Å². The van der Waals surface area contributed by atoms with Crippen LogP contribution in [0.3, 0.4) is 0 Å². The summed E-state index contributed by atoms with van der Waals surface area (Å²) in [5, 5.41) is 11.1. The predicted octanol–water partition coefficient (Wildman–Crippen LogP) is 2.58. The summed E-state index contributed by atoms with van der Waals surface area (Å²) >= 11 is 5.58. The zero-order chi connectivity index (χ0) is 14.4. The number of urea groups is 1. The van der Waals surface area contributed by atoms with Gasteiger partial charge in [0.2, 0.25) is 0 Å². The Hall–Kier alpha value is -2.08. The number of nitrogens with one attached hydrogen (secondary N) is 1. The molecule has 1 rings (SSSR count). The van der Waals surface area contributed by atoms with Crippen molar-refractivity contribution in [3.8, 4) is 0 Å². The fourth-order valence-electron chi connectivity index (χ4n) is 1.32. The minimum atomic E-state index is -1.17. The van der Waals surface area contributed by atoms with Crippen LogP contribution >= 0.6 is 11.6 Å². The van der Waals surface area contributed by atoms with Gasteiger partial charge in [0.25, 0.3) is 0 Å². The van der Waals surface area contributed by atoms with Gasteiger partial charge >= 0.3 is 12.0 Å². The van der Waals surface area contributed by atoms with Crippen molar-refractivity contribution in [1.82, 2.24) is 4.90 Å². The summed E-state index contributed by atoms with van der Waals surface area (Å²) in [6.07, 6.45) is 1.38. The lowest BCUT2D eigenvalue weighted by atomic mass is 10.3. The van der Waals surface area contributed by atoms with E-state index in [2.05, 4.69) is 11.9 Å². The Kier molecular flexibility index (Phi) is 5.32. The molecule has 2 amide bonds. The number of hydrogen-bond acceptors (Lipinski definition) is 2. The summed E-state index contributed by atoms with van der Waals surface area (Å²) < 4.78 is 13.5. The van der Waals surface area contributed by atoms with Crippen molar-refractivity contribution < 1.29 is 19.1 Å². The summed E-state index contributed by atoms with van der Waals surface area (Å²) in [4.78, 5) is 23.4. The molecule has 0 fully saturated rings. The van der Waals surface area contributed by atoms with Crippen LogP contribution in [-0.4, -0.2) is 35.1 Å². The maximum absolute atomic E-state index is 13.5. The smallest absolute Gasteiger partial charge is 0.323 e. The van der Waals surface area contributed by atoms with Gasteiger partial charge in [-0.05, 0) is 18.2 Å². The Morgan fingerprint density at radius 1 is 1.53 bits per heavy atom. The molecule has 7 heteroatoms. The fraction of sp³-hybridized carbons (Fsp3) is 0.167. The minimum Gasteiger partial charge on any atom is -0.480 e. The van der Waals surface area contributed by atoms with Gasteiger partial charge in [0, 0.05) is 11.6 Å². The number of hydrogen-bond donors (Lipinski definition) is 2. The first-order valence-electron chi connectivity index (χ1n) is 5.27. The second-order valence-electron chi connectivity index (χ2n) is 3.62. The van der Waals surface area contributed by atoms with Crippen LogP contribution < -0.4 is 5.32 Å². The quantitative estimate of drug-likeness (QED) is 0.817. The minimum absolute atomic E-state index is 0.0351. The maximum Gasteiger partial charge on any atom is 0.323 e. The second-order valence-corrected chi connectivity index (χ2v) is 4.05. The first-order chi connectivity index (χ1) is 8.93. The number of anilines is 1. The van der Waals surface area contributed by atoms with E-state index in [-0.39, 0.29) is 17.3 Å². The summed E-state index contributed by atoms with van der Waals surface area (Å²) in [7, 11) is 0. The topological polar surface area (TPSA) is 69.6 Å². The second kappa shape index (κ2) is 6.75. The molecule has 0 unspecified atom stereocenters. The van der Waals surface area contributed by atoms with Crippen molar-refractivity contribution in [3.63, 3.8) is 0 Å². The lowest BCUT2D eigenvalue weighted by Gasteiger charge is -2.19. The van der Waals surface area contributed by atoms with Gasteiger partial charge in [-0.25, -0.2) is 9.18 Å². The third kappa shape index (κ3) is 4.59. The van der Waals surface area contributed by atoms with Crippen LogP contribution in [0.25, 0.3) is 0 Å². The molecular weight excluding hydrogens is 275 g/mol. The summed E-state index contributed by atoms with van der Waals surface area (Å²) in [6, 6.07) is 3.02. The van der Waals surface area contributed by atoms with Gasteiger partial charge in [-0.1, -0.05) is 17.7 Å². The first-order valence-corrected chi connectivity index (χ1v) is 5.65. The standard InChI is InChI=1S/C12H12ClFN2O3/c1-2-5-16(7-11(17)18)12(19)15-10-4-3-8(13)6-9(10)14/h2-4,6H,1,5,7H2,(H,15,19)(H,17,18). The van der Waals surface area contributed by atoms with E-state index in [1.807, 2.05) is 0 Å². The third-order valence-corrected chi connectivity index (χ3v) is 2.37. The Bertz CT molecular complexity index is 508. The number of carbonyl (C=O) groups is 2. The van der Waals surface area contributed by atoms with E-state index in [9.17, 15) is 14.0 Å². The molecule has 1 aromatic rings. The van der Waals surface area contributed by atoms with Gasteiger partial charge < -0.3 is 15.3 Å². The van der Waals surface area contributed by atoms with Crippen LogP contribution in [0.4, 0.5) is 14.9 Å². The maximum atomic E-state index is 13.5. The predicted molar refractivity (Wildman–Crippen MR) is 69.8 cm³/mol. The Morgan fingerprint density at radius 3 is 2.74 bits per heavy atom. The molecule has 0 saturated carbocycles. The largest absolute Gasteiger partial charge is 0.480 e. The molecule has 0 heterocycles. The summed E-state index contributed by atoms with van der Waals surface area (Å²) in [6.45, 7) is 2.95. The van der Waals surface area contributed by atoms with E-state index in [1.54, 1.807) is 0 Å². The van der Waals surface area contributed by atoms with E-state index in [0.717, 1.165) is 11.0 Å². The average molecular weight is 287 g/mol. The van der Waals surface area contributed by atoms with Crippen LogP contribution in [-0.2, 0) is 4.79 Å². The normalized spacial score (nSPS) is 9.79. The molecule has 5 nitrogen and oxygen atoms in total. The highest BCUT2D eigenvalue weighted by Gasteiger charge is 2.16. The van der Waals surface area contributed by atoms with E-state index in [1.165, 1.54) is 18.2 Å². The van der Waals surface area contributed by atoms with Gasteiger partial charge in [-0.15, -0.1) is 6.58 Å². The van der Waals surface area contributed by atoms with Crippen LogP contribution in [0.5, 0.6) is 0 Å². The van der Waals surface area contributed by atoms with Gasteiger partial charge in [-0.2, -0.15) is 0 Å². The molecule has 0 saturated heterocycles. The summed E-state index contributed by atoms with van der Waals surface area (Å²) in [5.74, 6) is -1.87. The lowest BCUT2D eigenvalue weighted by Crippen LogP contribution is -2.39. The van der Waals surface area contributed by atoms with Gasteiger partial charge in [0.05, 0.1) is 5.69 Å². The van der Waals surface area contributed by atoms with Crippen molar-refractivity contribution in [3.05, 3.63) is 41.7 Å². The van der Waals surface area contributed by atoms with Crippen molar-refractivity contribution >= 4 is 29.3 Å². The van der Waals surface area contributed by atoms with Crippen molar-refractivity contribution in [2.75, 3.05) is 18.4 Å².